The molecule has 9 nitrogen and oxygen atoms in total. The van der Waals surface area contributed by atoms with Crippen molar-refractivity contribution >= 4 is 46.4 Å². The van der Waals surface area contributed by atoms with E-state index in [0.717, 1.165) is 0 Å². The zero-order chi connectivity index (χ0) is 21.6. The first-order chi connectivity index (χ1) is 14.3. The van der Waals surface area contributed by atoms with Crippen LogP contribution in [0.25, 0.3) is 0 Å². The summed E-state index contributed by atoms with van der Waals surface area (Å²) in [6.07, 6.45) is 0.594. The lowest BCUT2D eigenvalue weighted by Gasteiger charge is -2.31. The number of benzene rings is 2. The molecule has 156 valence electrons. The van der Waals surface area contributed by atoms with Crippen LogP contribution in [0, 0.1) is 26.1 Å². The van der Waals surface area contributed by atoms with E-state index < -0.39 is 27.1 Å². The third kappa shape index (κ3) is 3.35. The van der Waals surface area contributed by atoms with Gasteiger partial charge in [0.25, 0.3) is 11.4 Å². The quantitative estimate of drug-likeness (QED) is 0.387. The number of nitrogens with zero attached hydrogens (tertiary/aromatic N) is 2. The van der Waals surface area contributed by atoms with Crippen LogP contribution in [0.5, 0.6) is 0 Å². The lowest BCUT2D eigenvalue weighted by Crippen LogP contribution is -2.29. The number of aromatic carboxylic acids is 1. The Hall–Kier alpha value is -2.85. The number of anilines is 1. The van der Waals surface area contributed by atoms with Gasteiger partial charge in [-0.2, -0.15) is 0 Å². The molecule has 2 aromatic carbocycles. The Balaban J connectivity index is 1.73. The fourth-order valence-electron chi connectivity index (χ4n) is 4.36. The summed E-state index contributed by atoms with van der Waals surface area (Å²) in [6, 6.07) is 8.82. The number of hydrogen-bond acceptors (Lipinski definition) is 7. The second-order valence-electron chi connectivity index (χ2n) is 7.21. The van der Waals surface area contributed by atoms with Gasteiger partial charge in [-0.3, -0.25) is 20.2 Å². The molecule has 2 aromatic rings. The molecule has 1 heterocycles. The molecular formula is C19H16ClN3O6S. The van der Waals surface area contributed by atoms with Crippen molar-refractivity contribution in [3.8, 4) is 0 Å². The Kier molecular flexibility index (Phi) is 5.29. The molecule has 0 aromatic heterocycles. The van der Waals surface area contributed by atoms with Gasteiger partial charge in [0.05, 0.1) is 36.9 Å². The predicted octanol–water partition coefficient (Wildman–Crippen LogP) is 4.50. The van der Waals surface area contributed by atoms with E-state index in [4.69, 9.17) is 11.6 Å². The summed E-state index contributed by atoms with van der Waals surface area (Å²) in [6.45, 7) is 0.427. The molecule has 30 heavy (non-hydrogen) atoms. The van der Waals surface area contributed by atoms with Gasteiger partial charge in [0, 0.05) is 29.8 Å². The zero-order valence-corrected chi connectivity index (χ0v) is 16.9. The van der Waals surface area contributed by atoms with E-state index in [1.165, 1.54) is 30.0 Å². The molecule has 1 aliphatic carbocycles. The minimum absolute atomic E-state index is 0.0149. The fraction of sp³-hybridized carbons (Fsp3) is 0.316. The van der Waals surface area contributed by atoms with Gasteiger partial charge < -0.3 is 10.4 Å². The highest BCUT2D eigenvalue weighted by Crippen LogP contribution is 2.55. The van der Waals surface area contributed by atoms with Crippen LogP contribution in [0.2, 0.25) is 0 Å². The van der Waals surface area contributed by atoms with E-state index in [1.807, 2.05) is 0 Å². The zero-order valence-electron chi connectivity index (χ0n) is 15.4. The molecule has 1 saturated carbocycles. The number of thioether (sulfide) groups is 1. The topological polar surface area (TPSA) is 136 Å². The van der Waals surface area contributed by atoms with Gasteiger partial charge in [-0.05, 0) is 24.5 Å². The van der Waals surface area contributed by atoms with Gasteiger partial charge in [-0.1, -0.05) is 12.1 Å². The molecule has 0 spiro atoms. The highest BCUT2D eigenvalue weighted by molar-refractivity contribution is 8.00. The van der Waals surface area contributed by atoms with Crippen molar-refractivity contribution in [1.82, 2.24) is 0 Å². The van der Waals surface area contributed by atoms with Crippen LogP contribution in [0.4, 0.5) is 17.1 Å². The first-order valence-electron chi connectivity index (χ1n) is 9.12. The Bertz CT molecular complexity index is 1060. The van der Waals surface area contributed by atoms with Crippen molar-refractivity contribution in [3.05, 3.63) is 67.8 Å². The molecule has 2 aliphatic rings. The minimum atomic E-state index is -1.18. The van der Waals surface area contributed by atoms with E-state index >= 15 is 0 Å². The van der Waals surface area contributed by atoms with Crippen molar-refractivity contribution < 1.29 is 19.7 Å². The third-order valence-electron chi connectivity index (χ3n) is 5.61. The maximum Gasteiger partial charge on any atom is 0.337 e. The SMILES string of the molecule is O=C(O)c1ccc([N+](=O)[O-])c2c1NC[C@@H]1C[C@H](Sc3ccccc3[N+](=O)[O-])[C@@H](Cl)[C@H]21. The molecule has 1 aliphatic heterocycles. The van der Waals surface area contributed by atoms with Gasteiger partial charge in [-0.15, -0.1) is 23.4 Å². The summed E-state index contributed by atoms with van der Waals surface area (Å²) < 4.78 is 0. The van der Waals surface area contributed by atoms with E-state index in [9.17, 15) is 30.1 Å². The first-order valence-corrected chi connectivity index (χ1v) is 10.4. The Morgan fingerprint density at radius 3 is 2.50 bits per heavy atom. The summed E-state index contributed by atoms with van der Waals surface area (Å²) in [5.74, 6) is -1.66. The van der Waals surface area contributed by atoms with Crippen LogP contribution in [0.1, 0.15) is 28.3 Å². The monoisotopic (exact) mass is 449 g/mol. The number of nitrogens with one attached hydrogen (secondary N) is 1. The second-order valence-corrected chi connectivity index (χ2v) is 9.00. The molecule has 0 amide bonds. The number of carboxylic acid groups (broad SMARTS) is 1. The number of rotatable bonds is 5. The largest absolute Gasteiger partial charge is 0.478 e. The molecule has 1 fully saturated rings. The third-order valence-corrected chi connectivity index (χ3v) is 7.72. The van der Waals surface area contributed by atoms with E-state index in [-0.39, 0.29) is 33.8 Å². The predicted molar refractivity (Wildman–Crippen MR) is 112 cm³/mol. The van der Waals surface area contributed by atoms with E-state index in [1.54, 1.807) is 18.2 Å². The smallest absolute Gasteiger partial charge is 0.337 e. The molecule has 0 bridgehead atoms. The highest BCUT2D eigenvalue weighted by Gasteiger charge is 2.49. The van der Waals surface area contributed by atoms with Gasteiger partial charge in [0.2, 0.25) is 0 Å². The Morgan fingerprint density at radius 1 is 1.13 bits per heavy atom. The van der Waals surface area contributed by atoms with Crippen molar-refractivity contribution in [1.29, 1.82) is 0 Å². The van der Waals surface area contributed by atoms with Gasteiger partial charge >= 0.3 is 5.97 Å². The van der Waals surface area contributed by atoms with Crippen molar-refractivity contribution in [2.75, 3.05) is 11.9 Å². The van der Waals surface area contributed by atoms with Crippen LogP contribution in [0.15, 0.2) is 41.3 Å². The fourth-order valence-corrected chi connectivity index (χ4v) is 6.34. The summed E-state index contributed by atoms with van der Waals surface area (Å²) >= 11 is 8.07. The number of nitro benzene ring substituents is 2. The van der Waals surface area contributed by atoms with Crippen LogP contribution in [-0.4, -0.2) is 38.1 Å². The van der Waals surface area contributed by atoms with E-state index in [2.05, 4.69) is 5.32 Å². The molecule has 4 rings (SSSR count). The van der Waals surface area contributed by atoms with Crippen molar-refractivity contribution in [3.63, 3.8) is 0 Å². The number of carboxylic acids is 1. The van der Waals surface area contributed by atoms with Crippen molar-refractivity contribution in [2.24, 2.45) is 5.92 Å². The number of hydrogen-bond donors (Lipinski definition) is 2. The van der Waals surface area contributed by atoms with Crippen LogP contribution in [0.3, 0.4) is 0 Å². The van der Waals surface area contributed by atoms with Gasteiger partial charge in [0.15, 0.2) is 0 Å². The van der Waals surface area contributed by atoms with Crippen LogP contribution < -0.4 is 5.32 Å². The maximum absolute atomic E-state index is 11.6. The molecule has 0 saturated heterocycles. The summed E-state index contributed by atoms with van der Waals surface area (Å²) in [5.41, 5.74) is 0.326. The average Bonchev–Trinajstić information content (AvgIpc) is 3.02. The van der Waals surface area contributed by atoms with Crippen molar-refractivity contribution in [2.45, 2.75) is 27.9 Å². The Labute approximate surface area is 179 Å². The second kappa shape index (κ2) is 7.77. The van der Waals surface area contributed by atoms with Crippen LogP contribution >= 0.6 is 23.4 Å². The average molecular weight is 450 g/mol. The molecule has 0 radical (unpaired) electrons. The number of alkyl halides is 1. The number of halogens is 1. The number of nitro groups is 2. The lowest BCUT2D eigenvalue weighted by molar-refractivity contribution is -0.387. The summed E-state index contributed by atoms with van der Waals surface area (Å²) in [5, 5.41) is 34.8. The molecule has 2 N–H and O–H groups in total. The summed E-state index contributed by atoms with van der Waals surface area (Å²) in [4.78, 5) is 34.1. The van der Waals surface area contributed by atoms with Gasteiger partial charge in [0.1, 0.15) is 0 Å². The van der Waals surface area contributed by atoms with E-state index in [0.29, 0.717) is 23.4 Å². The molecule has 0 unspecified atom stereocenters. The lowest BCUT2D eigenvalue weighted by atomic mass is 9.82. The van der Waals surface area contributed by atoms with Crippen LogP contribution in [-0.2, 0) is 0 Å². The number of carbonyl (C=O) groups is 1. The standard InChI is InChI=1S/C19H16ClN3O6S/c20-17-14(30-13-4-2-1-3-11(13)22(26)27)7-9-8-21-18-10(19(24)25)5-6-12(23(28)29)16(18)15(9)17/h1-6,9,14-15,17,21H,7-8H2,(H,24,25)/t9-,14-,15-,17+/m0/s1. The Morgan fingerprint density at radius 2 is 1.83 bits per heavy atom. The first kappa shape index (κ1) is 20.4. The number of para-hydroxylation sites is 1. The highest BCUT2D eigenvalue weighted by atomic mass is 35.5. The minimum Gasteiger partial charge on any atom is -0.478 e. The van der Waals surface area contributed by atoms with Gasteiger partial charge in [-0.25, -0.2) is 4.79 Å². The maximum atomic E-state index is 11.6. The molecule has 11 heteroatoms. The molecule has 4 atom stereocenters. The molecular weight excluding hydrogens is 434 g/mol. The normalized spacial score (nSPS) is 24.4. The summed E-state index contributed by atoms with van der Waals surface area (Å²) in [7, 11) is 0. The number of fused-ring (bicyclic) bond motifs is 3.